The van der Waals surface area contributed by atoms with Crippen LogP contribution < -0.4 is 5.32 Å². The van der Waals surface area contributed by atoms with Gasteiger partial charge in [0.1, 0.15) is 0 Å². The van der Waals surface area contributed by atoms with Crippen LogP contribution in [0.5, 0.6) is 0 Å². The maximum atomic E-state index is 10.8. The number of aromatic nitrogens is 2. The van der Waals surface area contributed by atoms with Gasteiger partial charge in [0.05, 0.1) is 4.92 Å². The second-order valence-electron chi connectivity index (χ2n) is 3.41. The first kappa shape index (κ1) is 13.4. The van der Waals surface area contributed by atoms with Crippen LogP contribution in [0.2, 0.25) is 0 Å². The highest BCUT2D eigenvalue weighted by molar-refractivity contribution is 8.01. The fraction of sp³-hybridized carbons (Fsp3) is 0.100. The van der Waals surface area contributed by atoms with E-state index in [4.69, 9.17) is 0 Å². The summed E-state index contributed by atoms with van der Waals surface area (Å²) in [6.07, 6.45) is 0. The molecule has 0 aliphatic heterocycles. The molecule has 1 aromatic heterocycles. The molecule has 98 valence electrons. The summed E-state index contributed by atoms with van der Waals surface area (Å²) in [6, 6.07) is 6.14. The quantitative estimate of drug-likeness (QED) is 0.529. The number of hydrogen-bond acceptors (Lipinski definition) is 7. The van der Waals surface area contributed by atoms with Gasteiger partial charge in [-0.15, -0.1) is 10.2 Å². The first-order chi connectivity index (χ1) is 9.04. The molecule has 0 aliphatic carbocycles. The number of rotatable bonds is 4. The lowest BCUT2D eigenvalue weighted by Crippen LogP contribution is -2.04. The van der Waals surface area contributed by atoms with Gasteiger partial charge in [-0.2, -0.15) is 0 Å². The maximum Gasteiger partial charge on any atom is 0.269 e. The Morgan fingerprint density at radius 1 is 1.37 bits per heavy atom. The molecule has 1 heterocycles. The Labute approximate surface area is 116 Å². The topological polar surface area (TPSA) is 98.0 Å². The van der Waals surface area contributed by atoms with E-state index < -0.39 is 4.92 Å². The van der Waals surface area contributed by atoms with Crippen LogP contribution in [0, 0.1) is 10.1 Å². The Morgan fingerprint density at radius 2 is 2.05 bits per heavy atom. The molecule has 9 heteroatoms. The summed E-state index contributed by atoms with van der Waals surface area (Å²) in [5.41, 5.74) is 0.0422. The third kappa shape index (κ3) is 3.73. The molecule has 0 spiro atoms. The number of nitro benzene ring substituents is 1. The lowest BCUT2D eigenvalue weighted by molar-refractivity contribution is -0.384. The third-order valence-corrected chi connectivity index (χ3v) is 3.84. The van der Waals surface area contributed by atoms with Gasteiger partial charge in [-0.3, -0.25) is 14.9 Å². The smallest absolute Gasteiger partial charge is 0.269 e. The number of nitrogens with one attached hydrogen (secondary N) is 1. The monoisotopic (exact) mass is 296 g/mol. The van der Waals surface area contributed by atoms with Crippen molar-refractivity contribution in [1.82, 2.24) is 10.2 Å². The summed E-state index contributed by atoms with van der Waals surface area (Å²) in [4.78, 5) is 21.7. The molecule has 19 heavy (non-hydrogen) atoms. The molecule has 2 aromatic rings. The van der Waals surface area contributed by atoms with Crippen molar-refractivity contribution in [2.24, 2.45) is 0 Å². The maximum absolute atomic E-state index is 10.8. The molecule has 0 saturated carbocycles. The number of carbonyl (C=O) groups excluding carboxylic acids is 1. The van der Waals surface area contributed by atoms with Crippen LogP contribution in [0.4, 0.5) is 10.8 Å². The van der Waals surface area contributed by atoms with E-state index in [1.54, 1.807) is 12.1 Å². The molecule has 2 rings (SSSR count). The van der Waals surface area contributed by atoms with E-state index >= 15 is 0 Å². The van der Waals surface area contributed by atoms with E-state index in [1.807, 2.05) is 0 Å². The molecule has 0 fully saturated rings. The first-order valence-corrected chi connectivity index (χ1v) is 6.71. The van der Waals surface area contributed by atoms with Gasteiger partial charge in [0.2, 0.25) is 11.0 Å². The van der Waals surface area contributed by atoms with E-state index in [0.29, 0.717) is 9.47 Å². The van der Waals surface area contributed by atoms with Crippen LogP contribution in [0.25, 0.3) is 0 Å². The second-order valence-corrected chi connectivity index (χ2v) is 5.71. The van der Waals surface area contributed by atoms with Crippen molar-refractivity contribution < 1.29 is 9.72 Å². The summed E-state index contributed by atoms with van der Waals surface area (Å²) < 4.78 is 0.651. The van der Waals surface area contributed by atoms with Crippen molar-refractivity contribution in [3.05, 3.63) is 34.4 Å². The minimum Gasteiger partial charge on any atom is -0.301 e. The van der Waals surface area contributed by atoms with Crippen molar-refractivity contribution in [1.29, 1.82) is 0 Å². The van der Waals surface area contributed by atoms with Crippen molar-refractivity contribution >= 4 is 39.8 Å². The second kappa shape index (κ2) is 5.76. The molecule has 0 atom stereocenters. The summed E-state index contributed by atoms with van der Waals surface area (Å²) in [5, 5.41) is 21.2. The Balaban J connectivity index is 2.06. The van der Waals surface area contributed by atoms with E-state index in [2.05, 4.69) is 15.5 Å². The molecule has 0 radical (unpaired) electrons. The van der Waals surface area contributed by atoms with Gasteiger partial charge in [-0.25, -0.2) is 0 Å². The average molecular weight is 296 g/mol. The van der Waals surface area contributed by atoms with Crippen LogP contribution in [0.15, 0.2) is 33.5 Å². The fourth-order valence-corrected chi connectivity index (χ4v) is 2.96. The Kier molecular flexibility index (Phi) is 4.07. The van der Waals surface area contributed by atoms with Gasteiger partial charge >= 0.3 is 0 Å². The van der Waals surface area contributed by atoms with Gasteiger partial charge in [-0.1, -0.05) is 23.1 Å². The number of hydrogen-bond donors (Lipinski definition) is 1. The summed E-state index contributed by atoms with van der Waals surface area (Å²) >= 11 is 2.57. The highest BCUT2D eigenvalue weighted by Crippen LogP contribution is 2.32. The number of anilines is 1. The van der Waals surface area contributed by atoms with Gasteiger partial charge in [0, 0.05) is 24.0 Å². The molecule has 1 amide bonds. The van der Waals surface area contributed by atoms with E-state index in [-0.39, 0.29) is 11.6 Å². The molecule has 0 unspecified atom stereocenters. The van der Waals surface area contributed by atoms with E-state index in [1.165, 1.54) is 42.2 Å². The van der Waals surface area contributed by atoms with Crippen molar-refractivity contribution in [3.63, 3.8) is 0 Å². The predicted octanol–water partition coefficient (Wildman–Crippen LogP) is 2.56. The molecule has 7 nitrogen and oxygen atoms in total. The minimum atomic E-state index is -0.450. The van der Waals surface area contributed by atoms with Crippen molar-refractivity contribution in [3.8, 4) is 0 Å². The Hall–Kier alpha value is -2.00. The standard InChI is InChI=1S/C10H8N4O3S2/c1-6(15)11-9-12-13-10(19-9)18-8-4-2-7(3-5-8)14(16)17/h2-5H,1H3,(H,11,12,15). The molecule has 0 aliphatic rings. The third-order valence-electron chi connectivity index (χ3n) is 1.94. The lowest BCUT2D eigenvalue weighted by Gasteiger charge is -1.96. The number of benzene rings is 1. The van der Waals surface area contributed by atoms with E-state index in [0.717, 1.165) is 4.90 Å². The lowest BCUT2D eigenvalue weighted by atomic mass is 10.3. The molecule has 0 saturated heterocycles. The fourth-order valence-electron chi connectivity index (χ4n) is 1.19. The highest BCUT2D eigenvalue weighted by Gasteiger charge is 2.09. The molecule has 0 bridgehead atoms. The number of amides is 1. The number of carbonyl (C=O) groups is 1. The van der Waals surface area contributed by atoms with Crippen LogP contribution in [0.1, 0.15) is 6.92 Å². The van der Waals surface area contributed by atoms with Gasteiger partial charge in [0.25, 0.3) is 5.69 Å². The number of nitro groups is 1. The zero-order chi connectivity index (χ0) is 13.8. The number of non-ortho nitro benzene ring substituents is 1. The molecular weight excluding hydrogens is 288 g/mol. The van der Waals surface area contributed by atoms with Gasteiger partial charge in [0.15, 0.2) is 4.34 Å². The Morgan fingerprint density at radius 3 is 2.63 bits per heavy atom. The van der Waals surface area contributed by atoms with Crippen molar-refractivity contribution in [2.45, 2.75) is 16.2 Å². The predicted molar refractivity (Wildman–Crippen MR) is 71.4 cm³/mol. The van der Waals surface area contributed by atoms with Crippen molar-refractivity contribution in [2.75, 3.05) is 5.32 Å². The summed E-state index contributed by atoms with van der Waals surface area (Å²) in [6.45, 7) is 1.39. The molecule has 1 N–H and O–H groups in total. The Bertz CT molecular complexity index is 611. The van der Waals surface area contributed by atoms with Crippen LogP contribution in [-0.2, 0) is 4.79 Å². The van der Waals surface area contributed by atoms with Gasteiger partial charge in [-0.05, 0) is 12.1 Å². The first-order valence-electron chi connectivity index (χ1n) is 5.08. The van der Waals surface area contributed by atoms with Crippen LogP contribution in [0.3, 0.4) is 0 Å². The van der Waals surface area contributed by atoms with Crippen LogP contribution in [-0.4, -0.2) is 21.0 Å². The van der Waals surface area contributed by atoms with Gasteiger partial charge < -0.3 is 5.32 Å². The minimum absolute atomic E-state index is 0.0422. The normalized spacial score (nSPS) is 10.2. The highest BCUT2D eigenvalue weighted by atomic mass is 32.2. The summed E-state index contributed by atoms with van der Waals surface area (Å²) in [5.74, 6) is -0.206. The summed E-state index contributed by atoms with van der Waals surface area (Å²) in [7, 11) is 0. The number of nitrogens with zero attached hydrogens (tertiary/aromatic N) is 3. The SMILES string of the molecule is CC(=O)Nc1nnc(Sc2ccc([N+](=O)[O-])cc2)s1. The largest absolute Gasteiger partial charge is 0.301 e. The zero-order valence-corrected chi connectivity index (χ0v) is 11.3. The zero-order valence-electron chi connectivity index (χ0n) is 9.69. The average Bonchev–Trinajstić information content (AvgIpc) is 2.76. The molecule has 1 aromatic carbocycles. The van der Waals surface area contributed by atoms with Crippen LogP contribution >= 0.6 is 23.1 Å². The molecular formula is C10H8N4O3S2. The van der Waals surface area contributed by atoms with E-state index in [9.17, 15) is 14.9 Å².